The lowest BCUT2D eigenvalue weighted by molar-refractivity contribution is 0.0964. The van der Waals surface area contributed by atoms with E-state index in [4.69, 9.17) is 4.74 Å². The van der Waals surface area contributed by atoms with Gasteiger partial charge in [-0.05, 0) is 36.1 Å². The molecule has 35 heavy (non-hydrogen) atoms. The number of hydrogen-bond donors (Lipinski definition) is 2. The number of anilines is 1. The first kappa shape index (κ1) is 24.0. The Morgan fingerprint density at radius 2 is 1.86 bits per heavy atom. The number of nitrogens with one attached hydrogen (secondary N) is 2. The summed E-state index contributed by atoms with van der Waals surface area (Å²) in [6.45, 7) is 2.69. The lowest BCUT2D eigenvalue weighted by Crippen LogP contribution is -2.18. The summed E-state index contributed by atoms with van der Waals surface area (Å²) < 4.78 is 32.9. The summed E-state index contributed by atoms with van der Waals surface area (Å²) in [4.78, 5) is 25.1. The average Bonchev–Trinajstić information content (AvgIpc) is 2.87. The molecule has 4 rings (SSSR count). The van der Waals surface area contributed by atoms with Crippen LogP contribution in [0, 0.1) is 11.6 Å². The summed E-state index contributed by atoms with van der Waals surface area (Å²) in [6, 6.07) is 11.6. The minimum absolute atomic E-state index is 0.143. The molecule has 0 radical (unpaired) electrons. The molecule has 0 aliphatic rings. The van der Waals surface area contributed by atoms with Gasteiger partial charge in [-0.3, -0.25) is 9.78 Å². The molecule has 2 N–H and O–H groups in total. The summed E-state index contributed by atoms with van der Waals surface area (Å²) in [5, 5.41) is 6.72. The van der Waals surface area contributed by atoms with E-state index in [1.54, 1.807) is 25.4 Å². The smallest absolute Gasteiger partial charge is 0.251 e. The third-order valence-corrected chi connectivity index (χ3v) is 5.85. The molecule has 0 aliphatic carbocycles. The van der Waals surface area contributed by atoms with Gasteiger partial charge >= 0.3 is 0 Å². The molecule has 0 bridgehead atoms. The van der Waals surface area contributed by atoms with Crippen LogP contribution >= 0.6 is 0 Å². The molecule has 1 unspecified atom stereocenters. The molecule has 1 amide bonds. The Morgan fingerprint density at radius 1 is 1.09 bits per heavy atom. The first-order chi connectivity index (χ1) is 16.9. The van der Waals surface area contributed by atoms with E-state index in [1.807, 2.05) is 18.2 Å². The SMILES string of the molecule is CNC(=O)c1ccnc2c(C(C)CCNc3cc(-c4cc(F)c(OC)c(F)c4)ncn3)cccc12. The Bertz CT molecular complexity index is 1360. The van der Waals surface area contributed by atoms with Gasteiger partial charge in [-0.15, -0.1) is 0 Å². The third-order valence-electron chi connectivity index (χ3n) is 5.85. The summed E-state index contributed by atoms with van der Waals surface area (Å²) in [6.07, 6.45) is 3.75. The van der Waals surface area contributed by atoms with Crippen LogP contribution in [-0.4, -0.2) is 41.6 Å². The highest BCUT2D eigenvalue weighted by atomic mass is 19.1. The number of amides is 1. The zero-order valence-electron chi connectivity index (χ0n) is 19.6. The van der Waals surface area contributed by atoms with Crippen LogP contribution < -0.4 is 15.4 Å². The second kappa shape index (κ2) is 10.4. The number of carbonyl (C=O) groups excluding carboxylic acids is 1. The Hall–Kier alpha value is -4.14. The second-order valence-electron chi connectivity index (χ2n) is 8.06. The number of benzene rings is 2. The van der Waals surface area contributed by atoms with Crippen LogP contribution in [0.2, 0.25) is 0 Å². The van der Waals surface area contributed by atoms with Crippen molar-refractivity contribution in [3.8, 4) is 17.0 Å². The number of pyridine rings is 1. The van der Waals surface area contributed by atoms with E-state index in [1.165, 1.54) is 25.6 Å². The number of halogens is 2. The van der Waals surface area contributed by atoms with Gasteiger partial charge in [-0.2, -0.15) is 0 Å². The third kappa shape index (κ3) is 5.03. The van der Waals surface area contributed by atoms with E-state index >= 15 is 0 Å². The molecule has 0 aliphatic heterocycles. The zero-order valence-corrected chi connectivity index (χ0v) is 19.6. The van der Waals surface area contributed by atoms with Crippen LogP contribution in [0.15, 0.2) is 55.0 Å². The highest BCUT2D eigenvalue weighted by Gasteiger charge is 2.16. The number of rotatable bonds is 8. The van der Waals surface area contributed by atoms with Crippen molar-refractivity contribution in [1.82, 2.24) is 20.3 Å². The molecule has 180 valence electrons. The Balaban J connectivity index is 1.48. The van der Waals surface area contributed by atoms with Crippen LogP contribution in [0.3, 0.4) is 0 Å². The Kier molecular flexibility index (Phi) is 7.14. The molecule has 7 nitrogen and oxygen atoms in total. The molecule has 2 aromatic heterocycles. The zero-order chi connectivity index (χ0) is 24.9. The fourth-order valence-corrected chi connectivity index (χ4v) is 4.02. The minimum atomic E-state index is -0.798. The topological polar surface area (TPSA) is 89.0 Å². The van der Waals surface area contributed by atoms with E-state index < -0.39 is 17.4 Å². The van der Waals surface area contributed by atoms with Gasteiger partial charge in [0.2, 0.25) is 0 Å². The van der Waals surface area contributed by atoms with Gasteiger partial charge in [0.05, 0.1) is 23.9 Å². The first-order valence-corrected chi connectivity index (χ1v) is 11.1. The van der Waals surface area contributed by atoms with Gasteiger partial charge in [0.15, 0.2) is 17.4 Å². The first-order valence-electron chi connectivity index (χ1n) is 11.1. The van der Waals surface area contributed by atoms with Crippen molar-refractivity contribution in [3.63, 3.8) is 0 Å². The van der Waals surface area contributed by atoms with E-state index in [9.17, 15) is 13.6 Å². The second-order valence-corrected chi connectivity index (χ2v) is 8.06. The molecule has 2 aromatic carbocycles. The molecular formula is C26H25F2N5O2. The van der Waals surface area contributed by atoms with E-state index in [2.05, 4.69) is 32.5 Å². The van der Waals surface area contributed by atoms with Crippen LogP contribution in [0.25, 0.3) is 22.2 Å². The number of carbonyl (C=O) groups is 1. The summed E-state index contributed by atoms with van der Waals surface area (Å²) >= 11 is 0. The quantitative estimate of drug-likeness (QED) is 0.374. The minimum Gasteiger partial charge on any atom is -0.491 e. The Morgan fingerprint density at radius 3 is 2.57 bits per heavy atom. The van der Waals surface area contributed by atoms with E-state index in [0.717, 1.165) is 22.9 Å². The highest BCUT2D eigenvalue weighted by molar-refractivity contribution is 6.06. The van der Waals surface area contributed by atoms with Crippen LogP contribution in [0.4, 0.5) is 14.6 Å². The fourth-order valence-electron chi connectivity index (χ4n) is 4.02. The molecule has 4 aromatic rings. The van der Waals surface area contributed by atoms with Crippen molar-refractivity contribution in [1.29, 1.82) is 0 Å². The van der Waals surface area contributed by atoms with Gasteiger partial charge in [0, 0.05) is 36.8 Å². The molecule has 1 atom stereocenters. The average molecular weight is 478 g/mol. The molecule has 0 saturated carbocycles. The molecule has 2 heterocycles. The number of para-hydroxylation sites is 1. The van der Waals surface area contributed by atoms with E-state index in [-0.39, 0.29) is 17.4 Å². The predicted octanol–water partition coefficient (Wildman–Crippen LogP) is 4.94. The summed E-state index contributed by atoms with van der Waals surface area (Å²) in [5.74, 6) is -1.50. The van der Waals surface area contributed by atoms with Crippen molar-refractivity contribution in [2.24, 2.45) is 0 Å². The predicted molar refractivity (Wildman–Crippen MR) is 131 cm³/mol. The van der Waals surface area contributed by atoms with Crippen molar-refractivity contribution >= 4 is 22.6 Å². The van der Waals surface area contributed by atoms with Gasteiger partial charge in [-0.25, -0.2) is 18.7 Å². The standard InChI is InChI=1S/C26H25F2N5O2/c1-15(17-5-4-6-18-19(26(34)29-2)8-10-31-24(17)18)7-9-30-23-13-22(32-14-33-23)16-11-20(27)25(35-3)21(28)12-16/h4-6,8,10-15H,7,9H2,1-3H3,(H,29,34)(H,30,32,33). The molecule has 9 heteroatoms. The van der Waals surface area contributed by atoms with Crippen LogP contribution in [0.1, 0.15) is 35.2 Å². The van der Waals surface area contributed by atoms with E-state index in [0.29, 0.717) is 23.6 Å². The molecule has 0 fully saturated rings. The summed E-state index contributed by atoms with van der Waals surface area (Å²) in [7, 11) is 2.82. The van der Waals surface area contributed by atoms with Gasteiger partial charge in [0.1, 0.15) is 12.1 Å². The molecular weight excluding hydrogens is 452 g/mol. The Labute approximate surface area is 201 Å². The van der Waals surface area contributed by atoms with Crippen molar-refractivity contribution in [2.75, 3.05) is 26.0 Å². The molecule has 0 saturated heterocycles. The number of ether oxygens (including phenoxy) is 1. The fraction of sp³-hybridized carbons (Fsp3) is 0.231. The van der Waals surface area contributed by atoms with Crippen LogP contribution in [0.5, 0.6) is 5.75 Å². The monoisotopic (exact) mass is 477 g/mol. The summed E-state index contributed by atoms with van der Waals surface area (Å²) in [5.41, 5.74) is 3.10. The number of methoxy groups -OCH3 is 1. The van der Waals surface area contributed by atoms with Gasteiger partial charge in [-0.1, -0.05) is 25.1 Å². The van der Waals surface area contributed by atoms with Gasteiger partial charge < -0.3 is 15.4 Å². The largest absolute Gasteiger partial charge is 0.491 e. The maximum absolute atomic E-state index is 14.1. The number of fused-ring (bicyclic) bond motifs is 1. The maximum Gasteiger partial charge on any atom is 0.251 e. The number of hydrogen-bond acceptors (Lipinski definition) is 6. The normalized spacial score (nSPS) is 11.8. The molecule has 0 spiro atoms. The number of nitrogens with zero attached hydrogens (tertiary/aromatic N) is 3. The van der Waals surface area contributed by atoms with Gasteiger partial charge in [0.25, 0.3) is 5.91 Å². The number of aromatic nitrogens is 3. The van der Waals surface area contributed by atoms with Crippen LogP contribution in [-0.2, 0) is 0 Å². The lowest BCUT2D eigenvalue weighted by atomic mass is 9.94. The lowest BCUT2D eigenvalue weighted by Gasteiger charge is -2.16. The van der Waals surface area contributed by atoms with Crippen molar-refractivity contribution in [2.45, 2.75) is 19.3 Å². The highest BCUT2D eigenvalue weighted by Crippen LogP contribution is 2.30. The maximum atomic E-state index is 14.1. The van der Waals surface area contributed by atoms with Crippen molar-refractivity contribution < 1.29 is 18.3 Å². The van der Waals surface area contributed by atoms with Crippen molar-refractivity contribution in [3.05, 3.63) is 77.8 Å².